The van der Waals surface area contributed by atoms with Crippen LogP contribution in [0.3, 0.4) is 0 Å². The molecule has 15 heavy (non-hydrogen) atoms. The Morgan fingerprint density at radius 3 is 2.53 bits per heavy atom. The van der Waals surface area contributed by atoms with E-state index in [1.54, 1.807) is 11.3 Å². The van der Waals surface area contributed by atoms with Crippen LogP contribution in [0.15, 0.2) is 0 Å². The van der Waals surface area contributed by atoms with Gasteiger partial charge in [-0.3, -0.25) is 0 Å². The summed E-state index contributed by atoms with van der Waals surface area (Å²) in [4.78, 5) is 5.70. The first kappa shape index (κ1) is 12.5. The zero-order valence-corrected chi connectivity index (χ0v) is 10.4. The number of aliphatic hydroxyl groups is 1. The fourth-order valence-electron chi connectivity index (χ4n) is 1.33. The maximum Gasteiger partial charge on any atom is 0.183 e. The second-order valence-electron chi connectivity index (χ2n) is 3.73. The molecule has 0 saturated heterocycles. The monoisotopic (exact) mass is 228 g/mol. The lowest BCUT2D eigenvalue weighted by molar-refractivity contribution is 0.283. The molecule has 0 radical (unpaired) electrons. The predicted octanol–water partition coefficient (Wildman–Crippen LogP) is 2.72. The summed E-state index contributed by atoms with van der Waals surface area (Å²) in [5.74, 6) is 0. The molecule has 0 bridgehead atoms. The molecule has 0 amide bonds. The molecular formula is C11H20N2OS. The zero-order chi connectivity index (χ0) is 11.1. The van der Waals surface area contributed by atoms with Crippen molar-refractivity contribution >= 4 is 16.5 Å². The van der Waals surface area contributed by atoms with E-state index in [1.165, 1.54) is 11.3 Å². The number of thiazole rings is 1. The van der Waals surface area contributed by atoms with E-state index < -0.39 is 0 Å². The number of nitrogens with zero attached hydrogens (tertiary/aromatic N) is 1. The van der Waals surface area contributed by atoms with E-state index >= 15 is 0 Å². The lowest BCUT2D eigenvalue weighted by Crippen LogP contribution is -2.01. The molecule has 2 N–H and O–H groups in total. The molecule has 0 aliphatic heterocycles. The van der Waals surface area contributed by atoms with E-state index in [4.69, 9.17) is 5.11 Å². The van der Waals surface area contributed by atoms with Crippen LogP contribution in [0.25, 0.3) is 0 Å². The molecule has 0 aliphatic carbocycles. The lowest BCUT2D eigenvalue weighted by atomic mass is 10.2. The summed E-state index contributed by atoms with van der Waals surface area (Å²) in [5, 5.41) is 13.0. The van der Waals surface area contributed by atoms with Crippen molar-refractivity contribution in [2.45, 2.75) is 39.5 Å². The largest absolute Gasteiger partial charge is 0.396 e. The van der Waals surface area contributed by atoms with Crippen molar-refractivity contribution in [1.29, 1.82) is 0 Å². The van der Waals surface area contributed by atoms with Crippen molar-refractivity contribution in [2.24, 2.45) is 0 Å². The van der Waals surface area contributed by atoms with E-state index in [9.17, 15) is 0 Å². The first-order valence-corrected chi connectivity index (χ1v) is 6.34. The van der Waals surface area contributed by atoms with Gasteiger partial charge in [0.25, 0.3) is 0 Å². The van der Waals surface area contributed by atoms with E-state index in [0.717, 1.165) is 36.6 Å². The Balaban J connectivity index is 2.10. The van der Waals surface area contributed by atoms with Crippen molar-refractivity contribution in [3.8, 4) is 0 Å². The van der Waals surface area contributed by atoms with Gasteiger partial charge in [0.15, 0.2) is 5.13 Å². The van der Waals surface area contributed by atoms with Crippen molar-refractivity contribution in [3.05, 3.63) is 10.6 Å². The topological polar surface area (TPSA) is 45.2 Å². The minimum Gasteiger partial charge on any atom is -0.396 e. The highest BCUT2D eigenvalue weighted by atomic mass is 32.1. The Labute approximate surface area is 95.6 Å². The van der Waals surface area contributed by atoms with Crippen LogP contribution in [0, 0.1) is 13.8 Å². The molecule has 1 rings (SSSR count). The molecule has 4 heteroatoms. The minimum atomic E-state index is 0.318. The Bertz CT molecular complexity index is 267. The lowest BCUT2D eigenvalue weighted by Gasteiger charge is -2.01. The Hall–Kier alpha value is -0.610. The molecular weight excluding hydrogens is 208 g/mol. The van der Waals surface area contributed by atoms with Crippen LogP contribution in [-0.4, -0.2) is 23.2 Å². The molecule has 0 aliphatic rings. The number of hydrogen-bond acceptors (Lipinski definition) is 4. The SMILES string of the molecule is Cc1nc(NCCCCCCO)sc1C. The molecule has 1 aromatic rings. The van der Waals surface area contributed by atoms with Crippen molar-refractivity contribution in [1.82, 2.24) is 4.98 Å². The van der Waals surface area contributed by atoms with Gasteiger partial charge in [-0.1, -0.05) is 12.8 Å². The van der Waals surface area contributed by atoms with Gasteiger partial charge in [-0.15, -0.1) is 11.3 Å². The Kier molecular flexibility index (Phi) is 5.65. The Morgan fingerprint density at radius 2 is 1.93 bits per heavy atom. The van der Waals surface area contributed by atoms with Gasteiger partial charge in [0.2, 0.25) is 0 Å². The Morgan fingerprint density at radius 1 is 1.20 bits per heavy atom. The second kappa shape index (κ2) is 6.80. The standard InChI is InChI=1S/C11H20N2OS/c1-9-10(2)15-11(13-9)12-7-5-3-4-6-8-14/h14H,3-8H2,1-2H3,(H,12,13). The van der Waals surface area contributed by atoms with E-state index in [2.05, 4.69) is 17.2 Å². The van der Waals surface area contributed by atoms with E-state index in [-0.39, 0.29) is 0 Å². The molecule has 0 aromatic carbocycles. The number of unbranched alkanes of at least 4 members (excludes halogenated alkanes) is 3. The maximum absolute atomic E-state index is 8.61. The minimum absolute atomic E-state index is 0.318. The summed E-state index contributed by atoms with van der Waals surface area (Å²) in [6.45, 7) is 5.44. The van der Waals surface area contributed by atoms with Gasteiger partial charge in [-0.05, 0) is 26.7 Å². The summed E-state index contributed by atoms with van der Waals surface area (Å²) in [6.07, 6.45) is 4.37. The average molecular weight is 228 g/mol. The zero-order valence-electron chi connectivity index (χ0n) is 9.55. The summed E-state index contributed by atoms with van der Waals surface area (Å²) in [6, 6.07) is 0. The maximum atomic E-state index is 8.61. The first-order valence-electron chi connectivity index (χ1n) is 5.53. The highest BCUT2D eigenvalue weighted by molar-refractivity contribution is 7.15. The van der Waals surface area contributed by atoms with Crippen molar-refractivity contribution in [2.75, 3.05) is 18.5 Å². The number of hydrogen-bond donors (Lipinski definition) is 2. The van der Waals surface area contributed by atoms with Gasteiger partial charge in [-0.2, -0.15) is 0 Å². The predicted molar refractivity (Wildman–Crippen MR) is 65.6 cm³/mol. The number of aromatic nitrogens is 1. The van der Waals surface area contributed by atoms with Crippen molar-refractivity contribution in [3.63, 3.8) is 0 Å². The molecule has 86 valence electrons. The third-order valence-corrected chi connectivity index (χ3v) is 3.42. The summed E-state index contributed by atoms with van der Waals surface area (Å²) in [7, 11) is 0. The average Bonchev–Trinajstić information content (AvgIpc) is 2.52. The summed E-state index contributed by atoms with van der Waals surface area (Å²) >= 11 is 1.72. The van der Waals surface area contributed by atoms with E-state index in [1.807, 2.05) is 6.92 Å². The smallest absolute Gasteiger partial charge is 0.183 e. The van der Waals surface area contributed by atoms with Crippen LogP contribution >= 0.6 is 11.3 Å². The number of rotatable bonds is 7. The van der Waals surface area contributed by atoms with Crippen LogP contribution in [0.4, 0.5) is 5.13 Å². The fraction of sp³-hybridized carbons (Fsp3) is 0.727. The molecule has 0 fully saturated rings. The van der Waals surface area contributed by atoms with Crippen LogP contribution in [-0.2, 0) is 0 Å². The number of nitrogens with one attached hydrogen (secondary N) is 1. The molecule has 1 aromatic heterocycles. The molecule has 3 nitrogen and oxygen atoms in total. The van der Waals surface area contributed by atoms with Gasteiger partial charge in [0.05, 0.1) is 5.69 Å². The molecule has 0 saturated carbocycles. The van der Waals surface area contributed by atoms with Crippen LogP contribution < -0.4 is 5.32 Å². The van der Waals surface area contributed by atoms with E-state index in [0.29, 0.717) is 6.61 Å². The number of anilines is 1. The highest BCUT2D eigenvalue weighted by Crippen LogP contribution is 2.20. The first-order chi connectivity index (χ1) is 7.24. The molecule has 0 unspecified atom stereocenters. The highest BCUT2D eigenvalue weighted by Gasteiger charge is 2.01. The second-order valence-corrected chi connectivity index (χ2v) is 4.93. The third-order valence-electron chi connectivity index (χ3n) is 2.39. The van der Waals surface area contributed by atoms with Gasteiger partial charge >= 0.3 is 0 Å². The normalized spacial score (nSPS) is 10.6. The molecule has 0 atom stereocenters. The molecule has 1 heterocycles. The van der Waals surface area contributed by atoms with Gasteiger partial charge < -0.3 is 10.4 Å². The molecule has 0 spiro atoms. The quantitative estimate of drug-likeness (QED) is 0.705. The van der Waals surface area contributed by atoms with Crippen molar-refractivity contribution < 1.29 is 5.11 Å². The van der Waals surface area contributed by atoms with Gasteiger partial charge in [0.1, 0.15) is 0 Å². The van der Waals surface area contributed by atoms with Crippen LogP contribution in [0.5, 0.6) is 0 Å². The van der Waals surface area contributed by atoms with Crippen LogP contribution in [0.1, 0.15) is 36.3 Å². The third kappa shape index (κ3) is 4.62. The van der Waals surface area contributed by atoms with Gasteiger partial charge in [-0.25, -0.2) is 4.98 Å². The summed E-state index contributed by atoms with van der Waals surface area (Å²) in [5.41, 5.74) is 1.13. The number of aliphatic hydroxyl groups excluding tert-OH is 1. The van der Waals surface area contributed by atoms with Gasteiger partial charge in [0, 0.05) is 18.0 Å². The fourth-order valence-corrected chi connectivity index (χ4v) is 2.17. The number of aryl methyl sites for hydroxylation is 2. The summed E-state index contributed by atoms with van der Waals surface area (Å²) < 4.78 is 0. The van der Waals surface area contributed by atoms with Crippen LogP contribution in [0.2, 0.25) is 0 Å².